The molecule has 0 unspecified atom stereocenters. The van der Waals surface area contributed by atoms with Gasteiger partial charge in [0.2, 0.25) is 0 Å². The van der Waals surface area contributed by atoms with E-state index in [2.05, 4.69) is 15.9 Å². The highest BCUT2D eigenvalue weighted by molar-refractivity contribution is 9.10. The Balaban J connectivity index is 2.21. The smallest absolute Gasteiger partial charge is 0.189 e. The van der Waals surface area contributed by atoms with E-state index in [-0.39, 0.29) is 11.5 Å². The fourth-order valence-electron chi connectivity index (χ4n) is 1.68. The van der Waals surface area contributed by atoms with Gasteiger partial charge in [-0.25, -0.2) is 0 Å². The third-order valence-corrected chi connectivity index (χ3v) is 3.24. The molecule has 2 rings (SSSR count). The summed E-state index contributed by atoms with van der Waals surface area (Å²) in [6, 6.07) is 12.6. The molecule has 0 aliphatic carbocycles. The molecule has 2 nitrogen and oxygen atoms in total. The van der Waals surface area contributed by atoms with Gasteiger partial charge in [-0.15, -0.1) is 0 Å². The van der Waals surface area contributed by atoms with Crippen LogP contribution in [0.15, 0.2) is 53.0 Å². The van der Waals surface area contributed by atoms with Gasteiger partial charge in [0.05, 0.1) is 5.56 Å². The molecular formula is C16H13BrO2. The highest BCUT2D eigenvalue weighted by Gasteiger charge is 2.07. The summed E-state index contributed by atoms with van der Waals surface area (Å²) in [5.74, 6) is -0.194. The Bertz CT molecular complexity index is 628. The van der Waals surface area contributed by atoms with Crippen molar-refractivity contribution in [1.82, 2.24) is 0 Å². The van der Waals surface area contributed by atoms with E-state index in [1.807, 2.05) is 31.2 Å². The second kappa shape index (κ2) is 5.85. The van der Waals surface area contributed by atoms with Crippen LogP contribution in [0.1, 0.15) is 21.5 Å². The van der Waals surface area contributed by atoms with Gasteiger partial charge in [-0.2, -0.15) is 0 Å². The molecule has 19 heavy (non-hydrogen) atoms. The largest absolute Gasteiger partial charge is 0.507 e. The summed E-state index contributed by atoms with van der Waals surface area (Å²) in [6.07, 6.45) is 3.20. The lowest BCUT2D eigenvalue weighted by Crippen LogP contribution is -1.95. The molecule has 0 fully saturated rings. The van der Waals surface area contributed by atoms with Crippen molar-refractivity contribution >= 4 is 27.8 Å². The standard InChI is InChI=1S/C16H13BrO2/c1-11-2-8-15(18)14(10-11)16(19)9-5-12-3-6-13(17)7-4-12/h2-10,18H,1H3. The Morgan fingerprint density at radius 1 is 1.16 bits per heavy atom. The maximum atomic E-state index is 12.0. The van der Waals surface area contributed by atoms with Gasteiger partial charge in [0.25, 0.3) is 0 Å². The van der Waals surface area contributed by atoms with Crippen molar-refractivity contribution in [2.45, 2.75) is 6.92 Å². The van der Waals surface area contributed by atoms with Crippen molar-refractivity contribution in [2.75, 3.05) is 0 Å². The van der Waals surface area contributed by atoms with E-state index in [9.17, 15) is 9.90 Å². The first-order valence-corrected chi connectivity index (χ1v) is 6.63. The van der Waals surface area contributed by atoms with Crippen LogP contribution in [0.3, 0.4) is 0 Å². The molecule has 0 amide bonds. The lowest BCUT2D eigenvalue weighted by molar-refractivity contribution is 0.104. The SMILES string of the molecule is Cc1ccc(O)c(C(=O)C=Cc2ccc(Br)cc2)c1. The van der Waals surface area contributed by atoms with Crippen LogP contribution in [0.2, 0.25) is 0 Å². The van der Waals surface area contributed by atoms with Gasteiger partial charge in [0, 0.05) is 4.47 Å². The minimum atomic E-state index is -0.205. The Morgan fingerprint density at radius 2 is 1.84 bits per heavy atom. The molecule has 1 N–H and O–H groups in total. The maximum absolute atomic E-state index is 12.0. The molecule has 2 aromatic rings. The van der Waals surface area contributed by atoms with Crippen molar-refractivity contribution in [2.24, 2.45) is 0 Å². The van der Waals surface area contributed by atoms with Crippen molar-refractivity contribution < 1.29 is 9.90 Å². The van der Waals surface area contributed by atoms with Crippen LogP contribution in [0.25, 0.3) is 6.08 Å². The number of carbonyl (C=O) groups excluding carboxylic acids is 1. The number of phenols is 1. The molecule has 0 aliphatic rings. The van der Waals surface area contributed by atoms with E-state index in [1.54, 1.807) is 18.2 Å². The summed E-state index contributed by atoms with van der Waals surface area (Å²) in [6.45, 7) is 1.88. The van der Waals surface area contributed by atoms with Crippen LogP contribution < -0.4 is 0 Å². The van der Waals surface area contributed by atoms with Gasteiger partial charge < -0.3 is 5.11 Å². The third-order valence-electron chi connectivity index (χ3n) is 2.71. The first-order valence-electron chi connectivity index (χ1n) is 5.84. The van der Waals surface area contributed by atoms with E-state index in [4.69, 9.17) is 0 Å². The molecule has 0 aliphatic heterocycles. The van der Waals surface area contributed by atoms with E-state index in [0.717, 1.165) is 15.6 Å². The predicted octanol–water partition coefficient (Wildman–Crippen LogP) is 4.36. The van der Waals surface area contributed by atoms with Crippen LogP contribution in [0, 0.1) is 6.92 Å². The average molecular weight is 317 g/mol. The molecule has 96 valence electrons. The number of hydrogen-bond acceptors (Lipinski definition) is 2. The third kappa shape index (κ3) is 3.55. The number of phenolic OH excluding ortho intramolecular Hbond substituents is 1. The molecule has 0 aromatic heterocycles. The maximum Gasteiger partial charge on any atom is 0.189 e. The Hall–Kier alpha value is -1.87. The number of halogens is 1. The summed E-state index contributed by atoms with van der Waals surface area (Å²) < 4.78 is 0.993. The molecule has 0 bridgehead atoms. The van der Waals surface area contributed by atoms with Gasteiger partial charge >= 0.3 is 0 Å². The first kappa shape index (κ1) is 13.6. The molecular weight excluding hydrogens is 304 g/mol. The number of aryl methyl sites for hydroxylation is 1. The quantitative estimate of drug-likeness (QED) is 0.674. The van der Waals surface area contributed by atoms with Gasteiger partial charge in [0.15, 0.2) is 5.78 Å². The van der Waals surface area contributed by atoms with E-state index < -0.39 is 0 Å². The molecule has 0 saturated carbocycles. The molecule has 0 radical (unpaired) electrons. The van der Waals surface area contributed by atoms with Gasteiger partial charge in [-0.3, -0.25) is 4.79 Å². The van der Waals surface area contributed by atoms with Crippen LogP contribution >= 0.6 is 15.9 Å². The fourth-order valence-corrected chi connectivity index (χ4v) is 1.95. The monoisotopic (exact) mass is 316 g/mol. The summed E-state index contributed by atoms with van der Waals surface area (Å²) in [5.41, 5.74) is 2.20. The molecule has 0 spiro atoms. The zero-order chi connectivity index (χ0) is 13.8. The normalized spacial score (nSPS) is 10.8. The fraction of sp³-hybridized carbons (Fsp3) is 0.0625. The van der Waals surface area contributed by atoms with Gasteiger partial charge in [-0.05, 0) is 42.8 Å². The summed E-state index contributed by atoms with van der Waals surface area (Å²) >= 11 is 3.36. The predicted molar refractivity (Wildman–Crippen MR) is 80.4 cm³/mol. The van der Waals surface area contributed by atoms with Gasteiger partial charge in [-0.1, -0.05) is 45.8 Å². The number of aromatic hydroxyl groups is 1. The highest BCUT2D eigenvalue weighted by atomic mass is 79.9. The average Bonchev–Trinajstić information content (AvgIpc) is 2.40. The molecule has 0 heterocycles. The minimum absolute atomic E-state index is 0.0102. The topological polar surface area (TPSA) is 37.3 Å². The van der Waals surface area contributed by atoms with Crippen LogP contribution in [-0.2, 0) is 0 Å². The minimum Gasteiger partial charge on any atom is -0.507 e. The second-order valence-electron chi connectivity index (χ2n) is 4.27. The number of benzene rings is 2. The van der Waals surface area contributed by atoms with E-state index in [0.29, 0.717) is 5.56 Å². The highest BCUT2D eigenvalue weighted by Crippen LogP contribution is 2.19. The molecule has 0 saturated heterocycles. The number of carbonyl (C=O) groups is 1. The summed E-state index contributed by atoms with van der Waals surface area (Å²) in [7, 11) is 0. The van der Waals surface area contributed by atoms with E-state index in [1.165, 1.54) is 12.1 Å². The van der Waals surface area contributed by atoms with Crippen molar-refractivity contribution in [3.05, 3.63) is 69.7 Å². The molecule has 0 atom stereocenters. The Morgan fingerprint density at radius 3 is 2.53 bits per heavy atom. The second-order valence-corrected chi connectivity index (χ2v) is 5.19. The van der Waals surface area contributed by atoms with Crippen molar-refractivity contribution in [3.63, 3.8) is 0 Å². The Labute approximate surface area is 120 Å². The zero-order valence-electron chi connectivity index (χ0n) is 10.4. The van der Waals surface area contributed by atoms with Crippen LogP contribution in [-0.4, -0.2) is 10.9 Å². The van der Waals surface area contributed by atoms with E-state index >= 15 is 0 Å². The van der Waals surface area contributed by atoms with Crippen LogP contribution in [0.4, 0.5) is 0 Å². The first-order chi connectivity index (χ1) is 9.06. The Kier molecular flexibility index (Phi) is 4.17. The number of ketones is 1. The van der Waals surface area contributed by atoms with Crippen molar-refractivity contribution in [3.8, 4) is 5.75 Å². The van der Waals surface area contributed by atoms with Crippen molar-refractivity contribution in [1.29, 1.82) is 0 Å². The summed E-state index contributed by atoms with van der Waals surface area (Å²) in [5, 5.41) is 9.68. The van der Waals surface area contributed by atoms with Gasteiger partial charge in [0.1, 0.15) is 5.75 Å². The lowest BCUT2D eigenvalue weighted by atomic mass is 10.1. The summed E-state index contributed by atoms with van der Waals surface area (Å²) in [4.78, 5) is 12.0. The number of hydrogen-bond donors (Lipinski definition) is 1. The zero-order valence-corrected chi connectivity index (χ0v) is 12.0. The lowest BCUT2D eigenvalue weighted by Gasteiger charge is -2.01. The molecule has 2 aromatic carbocycles. The number of rotatable bonds is 3. The van der Waals surface area contributed by atoms with Crippen LogP contribution in [0.5, 0.6) is 5.75 Å². The molecule has 3 heteroatoms. The number of allylic oxidation sites excluding steroid dienone is 1.